The Morgan fingerprint density at radius 1 is 1.08 bits per heavy atom. The number of rotatable bonds is 4. The van der Waals surface area contributed by atoms with E-state index in [1.165, 1.54) is 11.1 Å². The van der Waals surface area contributed by atoms with E-state index in [9.17, 15) is 0 Å². The number of aryl methyl sites for hydroxylation is 1. The molecule has 0 fully saturated rings. The van der Waals surface area contributed by atoms with E-state index in [1.807, 2.05) is 18.2 Å². The van der Waals surface area contributed by atoms with Crippen molar-refractivity contribution in [1.29, 1.82) is 0 Å². The summed E-state index contributed by atoms with van der Waals surface area (Å²) in [6.07, 6.45) is 0.950. The van der Waals surface area contributed by atoms with Gasteiger partial charge in [-0.25, -0.2) is 0 Å². The van der Waals surface area contributed by atoms with E-state index in [0.29, 0.717) is 18.3 Å². The minimum absolute atomic E-state index is 0.183. The van der Waals surface area contributed by atoms with Gasteiger partial charge in [-0.15, -0.1) is 0 Å². The lowest BCUT2D eigenvalue weighted by molar-refractivity contribution is 0.171. The van der Waals surface area contributed by atoms with Crippen molar-refractivity contribution in [1.82, 2.24) is 5.32 Å². The Labute approximate surface area is 148 Å². The Balaban J connectivity index is 1.65. The number of benzene rings is 2. The fourth-order valence-corrected chi connectivity index (χ4v) is 2.93. The van der Waals surface area contributed by atoms with Gasteiger partial charge in [-0.3, -0.25) is 0 Å². The molecule has 0 radical (unpaired) electrons. The normalized spacial score (nSPS) is 13.9. The molecule has 1 heterocycles. The molecule has 0 aliphatic carbocycles. The molecule has 0 saturated carbocycles. The van der Waals surface area contributed by atoms with Gasteiger partial charge in [0.1, 0.15) is 13.2 Å². The van der Waals surface area contributed by atoms with E-state index in [0.717, 1.165) is 23.6 Å². The van der Waals surface area contributed by atoms with Crippen LogP contribution in [0.4, 0.5) is 5.69 Å². The first-order valence-electron chi connectivity index (χ1n) is 8.19. The Kier molecular flexibility index (Phi) is 5.20. The van der Waals surface area contributed by atoms with Crippen molar-refractivity contribution in [3.63, 3.8) is 0 Å². The van der Waals surface area contributed by atoms with Crippen LogP contribution in [0.3, 0.4) is 0 Å². The maximum absolute atomic E-state index is 5.60. The fourth-order valence-electron chi connectivity index (χ4n) is 2.67. The average molecular weight is 342 g/mol. The molecule has 0 spiro atoms. The topological polar surface area (TPSA) is 42.5 Å². The van der Waals surface area contributed by atoms with E-state index >= 15 is 0 Å². The quantitative estimate of drug-likeness (QED) is 0.815. The summed E-state index contributed by atoms with van der Waals surface area (Å²) in [6, 6.07) is 14.5. The lowest BCUT2D eigenvalue weighted by Gasteiger charge is -2.22. The molecule has 4 nitrogen and oxygen atoms in total. The molecular formula is C19H22N2O2S. The van der Waals surface area contributed by atoms with Crippen LogP contribution in [0.2, 0.25) is 0 Å². The SMILES string of the molecule is CC[C@@H](NC(=S)Nc1ccc2c(c1)OCCO2)c1ccc(C)cc1. The molecule has 2 aromatic rings. The van der Waals surface area contributed by atoms with Crippen LogP contribution in [0.5, 0.6) is 11.5 Å². The monoisotopic (exact) mass is 342 g/mol. The van der Waals surface area contributed by atoms with Crippen molar-refractivity contribution in [2.75, 3.05) is 18.5 Å². The third-order valence-electron chi connectivity index (χ3n) is 3.99. The molecule has 24 heavy (non-hydrogen) atoms. The number of hydrogen-bond acceptors (Lipinski definition) is 3. The van der Waals surface area contributed by atoms with E-state index < -0.39 is 0 Å². The van der Waals surface area contributed by atoms with Crippen LogP contribution in [0, 0.1) is 6.92 Å². The molecule has 0 amide bonds. The molecule has 0 bridgehead atoms. The highest BCUT2D eigenvalue weighted by atomic mass is 32.1. The molecule has 5 heteroatoms. The van der Waals surface area contributed by atoms with E-state index in [-0.39, 0.29) is 6.04 Å². The summed E-state index contributed by atoms with van der Waals surface area (Å²) >= 11 is 5.46. The first-order chi connectivity index (χ1) is 11.7. The predicted molar refractivity (Wildman–Crippen MR) is 101 cm³/mol. The van der Waals surface area contributed by atoms with Crippen LogP contribution >= 0.6 is 12.2 Å². The molecule has 1 aliphatic heterocycles. The number of fused-ring (bicyclic) bond motifs is 1. The molecule has 2 N–H and O–H groups in total. The molecule has 0 saturated heterocycles. The first-order valence-corrected chi connectivity index (χ1v) is 8.60. The molecule has 2 aromatic carbocycles. The summed E-state index contributed by atoms with van der Waals surface area (Å²) in [5.74, 6) is 1.52. The summed E-state index contributed by atoms with van der Waals surface area (Å²) in [6.45, 7) is 5.40. The van der Waals surface area contributed by atoms with Crippen molar-refractivity contribution in [2.24, 2.45) is 0 Å². The van der Waals surface area contributed by atoms with Crippen LogP contribution in [0.1, 0.15) is 30.5 Å². The largest absolute Gasteiger partial charge is 0.486 e. The molecule has 1 aliphatic rings. The number of nitrogens with one attached hydrogen (secondary N) is 2. The van der Waals surface area contributed by atoms with Gasteiger partial charge in [0.05, 0.1) is 6.04 Å². The van der Waals surface area contributed by atoms with Crippen molar-refractivity contribution >= 4 is 23.0 Å². The second kappa shape index (κ2) is 7.53. The van der Waals surface area contributed by atoms with Crippen LogP contribution in [0.25, 0.3) is 0 Å². The summed E-state index contributed by atoms with van der Waals surface area (Å²) < 4.78 is 11.1. The third kappa shape index (κ3) is 3.97. The van der Waals surface area contributed by atoms with Gasteiger partial charge < -0.3 is 20.1 Å². The smallest absolute Gasteiger partial charge is 0.171 e. The Morgan fingerprint density at radius 2 is 1.79 bits per heavy atom. The lowest BCUT2D eigenvalue weighted by Crippen LogP contribution is -2.32. The van der Waals surface area contributed by atoms with Gasteiger partial charge in [0.15, 0.2) is 16.6 Å². The zero-order valence-corrected chi connectivity index (χ0v) is 14.8. The van der Waals surface area contributed by atoms with Crippen LogP contribution < -0.4 is 20.1 Å². The average Bonchev–Trinajstić information content (AvgIpc) is 2.60. The van der Waals surface area contributed by atoms with Gasteiger partial charge in [0.25, 0.3) is 0 Å². The van der Waals surface area contributed by atoms with Gasteiger partial charge in [-0.2, -0.15) is 0 Å². The highest BCUT2D eigenvalue weighted by Gasteiger charge is 2.14. The zero-order chi connectivity index (χ0) is 16.9. The minimum Gasteiger partial charge on any atom is -0.486 e. The summed E-state index contributed by atoms with van der Waals surface area (Å²) in [7, 11) is 0. The molecular weight excluding hydrogens is 320 g/mol. The van der Waals surface area contributed by atoms with Crippen LogP contribution in [0.15, 0.2) is 42.5 Å². The lowest BCUT2D eigenvalue weighted by atomic mass is 10.0. The number of ether oxygens (including phenoxy) is 2. The van der Waals surface area contributed by atoms with Gasteiger partial charge in [-0.1, -0.05) is 36.8 Å². The molecule has 0 unspecified atom stereocenters. The summed E-state index contributed by atoms with van der Waals surface area (Å²) in [4.78, 5) is 0. The van der Waals surface area contributed by atoms with Gasteiger partial charge in [0, 0.05) is 11.8 Å². The van der Waals surface area contributed by atoms with Crippen molar-refractivity contribution in [3.05, 3.63) is 53.6 Å². The Morgan fingerprint density at radius 3 is 2.50 bits per heavy atom. The van der Waals surface area contributed by atoms with Crippen molar-refractivity contribution in [3.8, 4) is 11.5 Å². The second-order valence-corrected chi connectivity index (χ2v) is 6.24. The van der Waals surface area contributed by atoms with Crippen LogP contribution in [-0.4, -0.2) is 18.3 Å². The van der Waals surface area contributed by atoms with Gasteiger partial charge >= 0.3 is 0 Å². The van der Waals surface area contributed by atoms with Gasteiger partial charge in [-0.05, 0) is 43.3 Å². The van der Waals surface area contributed by atoms with Crippen LogP contribution in [-0.2, 0) is 0 Å². The van der Waals surface area contributed by atoms with E-state index in [4.69, 9.17) is 21.7 Å². The first kappa shape index (κ1) is 16.6. The Hall–Kier alpha value is -2.27. The molecule has 126 valence electrons. The van der Waals surface area contributed by atoms with E-state index in [1.54, 1.807) is 0 Å². The molecule has 1 atom stereocenters. The number of anilines is 1. The standard InChI is InChI=1S/C19H22N2O2S/c1-3-16(14-6-4-13(2)5-7-14)21-19(24)20-15-8-9-17-18(12-15)23-11-10-22-17/h4-9,12,16H,3,10-11H2,1-2H3,(H2,20,21,24)/t16-/m1/s1. The Bertz CT molecular complexity index is 716. The summed E-state index contributed by atoms with van der Waals surface area (Å²) in [5.41, 5.74) is 3.37. The molecule has 0 aromatic heterocycles. The number of hydrogen-bond donors (Lipinski definition) is 2. The van der Waals surface area contributed by atoms with Crippen molar-refractivity contribution in [2.45, 2.75) is 26.3 Å². The maximum atomic E-state index is 5.60. The summed E-state index contributed by atoms with van der Waals surface area (Å²) in [5, 5.41) is 7.20. The zero-order valence-electron chi connectivity index (χ0n) is 14.0. The molecule has 3 rings (SSSR count). The number of thiocarbonyl (C=S) groups is 1. The van der Waals surface area contributed by atoms with E-state index in [2.05, 4.69) is 48.7 Å². The highest BCUT2D eigenvalue weighted by Crippen LogP contribution is 2.32. The van der Waals surface area contributed by atoms with Gasteiger partial charge in [0.2, 0.25) is 0 Å². The minimum atomic E-state index is 0.183. The predicted octanol–water partition coefficient (Wildman–Crippen LogP) is 4.20. The van der Waals surface area contributed by atoms with Crippen molar-refractivity contribution < 1.29 is 9.47 Å². The second-order valence-electron chi connectivity index (χ2n) is 5.83. The third-order valence-corrected chi connectivity index (χ3v) is 4.21. The highest BCUT2D eigenvalue weighted by molar-refractivity contribution is 7.80. The fraction of sp³-hybridized carbons (Fsp3) is 0.316. The maximum Gasteiger partial charge on any atom is 0.171 e.